The average molecular weight is 486 g/mol. The minimum absolute atomic E-state index is 0.155. The van der Waals surface area contributed by atoms with Gasteiger partial charge in [0, 0.05) is 12.7 Å². The second-order valence-electron chi connectivity index (χ2n) is 7.64. The van der Waals surface area contributed by atoms with E-state index in [2.05, 4.69) is 10.6 Å². The topological polar surface area (TPSA) is 97.0 Å². The van der Waals surface area contributed by atoms with Gasteiger partial charge in [-0.3, -0.25) is 9.59 Å². The number of carbonyl (C=O) groups is 3. The molecule has 0 fully saturated rings. The summed E-state index contributed by atoms with van der Waals surface area (Å²) < 4.78 is 10.3. The van der Waals surface area contributed by atoms with Crippen LogP contribution in [0.15, 0.2) is 78.7 Å². The summed E-state index contributed by atoms with van der Waals surface area (Å²) >= 11 is 6.04. The summed E-state index contributed by atoms with van der Waals surface area (Å²) in [6.07, 6.45) is 10.9. The molecule has 0 aliphatic carbocycles. The van der Waals surface area contributed by atoms with E-state index in [1.165, 1.54) is 6.92 Å². The molecule has 0 saturated heterocycles. The van der Waals surface area contributed by atoms with Gasteiger partial charge in [-0.25, -0.2) is 4.79 Å². The number of dihydropyridines is 2. The Labute approximate surface area is 203 Å². The van der Waals surface area contributed by atoms with Crippen molar-refractivity contribution in [1.82, 2.24) is 15.5 Å². The summed E-state index contributed by atoms with van der Waals surface area (Å²) in [7, 11) is 0. The van der Waals surface area contributed by atoms with Gasteiger partial charge in [-0.15, -0.1) is 0 Å². The van der Waals surface area contributed by atoms with E-state index in [4.69, 9.17) is 21.1 Å². The van der Waals surface area contributed by atoms with Gasteiger partial charge in [0.25, 0.3) is 0 Å². The summed E-state index contributed by atoms with van der Waals surface area (Å²) in [6.45, 7) is 3.44. The molecular weight excluding hydrogens is 458 g/mol. The van der Waals surface area contributed by atoms with Crippen LogP contribution in [0.2, 0.25) is 0 Å². The molecule has 0 radical (unpaired) electrons. The molecule has 0 spiro atoms. The highest BCUT2D eigenvalue weighted by molar-refractivity contribution is 6.21. The quantitative estimate of drug-likeness (QED) is 0.240. The van der Waals surface area contributed by atoms with E-state index in [-0.39, 0.29) is 18.7 Å². The van der Waals surface area contributed by atoms with Crippen LogP contribution in [0.4, 0.5) is 0 Å². The Morgan fingerprint density at radius 1 is 1.09 bits per heavy atom. The van der Waals surface area contributed by atoms with Crippen LogP contribution in [0, 0.1) is 0 Å². The Kier molecular flexibility index (Phi) is 8.93. The molecule has 2 heterocycles. The van der Waals surface area contributed by atoms with Crippen LogP contribution in [0.1, 0.15) is 25.3 Å². The van der Waals surface area contributed by atoms with Crippen LogP contribution in [0.25, 0.3) is 0 Å². The maximum absolute atomic E-state index is 13.9. The molecule has 0 aromatic heterocycles. The Bertz CT molecular complexity index is 1010. The third kappa shape index (κ3) is 6.51. The predicted molar refractivity (Wildman–Crippen MR) is 128 cm³/mol. The molecule has 9 heteroatoms. The zero-order chi connectivity index (χ0) is 24.5. The number of benzene rings is 1. The summed E-state index contributed by atoms with van der Waals surface area (Å²) in [5, 5.41) is 6.13. The first-order valence-electron chi connectivity index (χ1n) is 11.0. The lowest BCUT2D eigenvalue weighted by Gasteiger charge is -2.34. The molecular formula is C25H28ClN3O5. The van der Waals surface area contributed by atoms with Gasteiger partial charge < -0.3 is 25.0 Å². The molecule has 3 unspecified atom stereocenters. The van der Waals surface area contributed by atoms with Crippen molar-refractivity contribution in [3.8, 4) is 0 Å². The van der Waals surface area contributed by atoms with Gasteiger partial charge in [0.2, 0.25) is 5.91 Å². The standard InChI is InChI=1S/C25H28ClN3O5/c1-3-33-24(31)17(2)34-25(32)22(19-9-5-4-6-10-19)23(30)29(21-11-7-8-14-27-21)16-18-12-13-20(26)28-15-18/h4-15,17,20-22,27-28H,3,16H2,1-2H3/t17-,20?,21?,22?/m0/s1. The van der Waals surface area contributed by atoms with Crippen molar-refractivity contribution in [3.63, 3.8) is 0 Å². The molecule has 4 atom stereocenters. The summed E-state index contributed by atoms with van der Waals surface area (Å²) in [4.78, 5) is 40.7. The molecule has 0 bridgehead atoms. The number of esters is 2. The third-order valence-electron chi connectivity index (χ3n) is 5.17. The first kappa shape index (κ1) is 25.1. The number of rotatable bonds is 9. The normalized spacial score (nSPS) is 20.3. The minimum atomic E-state index is -1.28. The number of amides is 1. The molecule has 8 nitrogen and oxygen atoms in total. The number of alkyl halides is 1. The van der Waals surface area contributed by atoms with Crippen molar-refractivity contribution >= 4 is 29.4 Å². The molecule has 1 amide bonds. The van der Waals surface area contributed by atoms with E-state index in [1.54, 1.807) is 60.6 Å². The molecule has 2 N–H and O–H groups in total. The Hall–Kier alpha value is -3.52. The van der Waals surface area contributed by atoms with E-state index >= 15 is 0 Å². The molecule has 2 aliphatic heterocycles. The van der Waals surface area contributed by atoms with Gasteiger partial charge in [-0.05, 0) is 49.4 Å². The zero-order valence-corrected chi connectivity index (χ0v) is 19.8. The fourth-order valence-electron chi connectivity index (χ4n) is 3.48. The second-order valence-corrected chi connectivity index (χ2v) is 8.11. The number of ether oxygens (including phenoxy) is 2. The maximum Gasteiger partial charge on any atom is 0.347 e. The number of allylic oxidation sites excluding steroid dienone is 2. The smallest absolute Gasteiger partial charge is 0.347 e. The SMILES string of the molecule is CCOC(=O)[C@H](C)OC(=O)C(C(=O)N(CC1=CNC(Cl)C=C1)C1C=CC=CN1)c1ccccc1. The molecule has 180 valence electrons. The number of halogens is 1. The molecule has 34 heavy (non-hydrogen) atoms. The van der Waals surface area contributed by atoms with Gasteiger partial charge in [0.05, 0.1) is 6.61 Å². The number of nitrogens with zero attached hydrogens (tertiary/aromatic N) is 1. The van der Waals surface area contributed by atoms with E-state index in [9.17, 15) is 14.4 Å². The second kappa shape index (κ2) is 12.1. The average Bonchev–Trinajstić information content (AvgIpc) is 2.85. The summed E-state index contributed by atoms with van der Waals surface area (Å²) in [5.41, 5.74) is 0.927. The van der Waals surface area contributed by atoms with Crippen molar-refractivity contribution in [2.45, 2.75) is 37.5 Å². The highest BCUT2D eigenvalue weighted by Crippen LogP contribution is 2.24. The van der Waals surface area contributed by atoms with Crippen molar-refractivity contribution in [2.75, 3.05) is 13.2 Å². The first-order valence-corrected chi connectivity index (χ1v) is 11.4. The van der Waals surface area contributed by atoms with Gasteiger partial charge in [0.15, 0.2) is 12.0 Å². The third-order valence-corrected chi connectivity index (χ3v) is 5.45. The van der Waals surface area contributed by atoms with Crippen LogP contribution in [-0.4, -0.2) is 53.7 Å². The molecule has 3 rings (SSSR count). The van der Waals surface area contributed by atoms with Gasteiger partial charge in [-0.2, -0.15) is 0 Å². The van der Waals surface area contributed by atoms with Crippen molar-refractivity contribution < 1.29 is 23.9 Å². The maximum atomic E-state index is 13.9. The zero-order valence-electron chi connectivity index (χ0n) is 19.0. The number of nitrogens with one attached hydrogen (secondary N) is 2. The van der Waals surface area contributed by atoms with Crippen LogP contribution < -0.4 is 10.6 Å². The highest BCUT2D eigenvalue weighted by atomic mass is 35.5. The van der Waals surface area contributed by atoms with Gasteiger partial charge >= 0.3 is 11.9 Å². The van der Waals surface area contributed by atoms with E-state index < -0.39 is 36.0 Å². The minimum Gasteiger partial charge on any atom is -0.463 e. The highest BCUT2D eigenvalue weighted by Gasteiger charge is 2.38. The van der Waals surface area contributed by atoms with E-state index in [0.29, 0.717) is 5.56 Å². The molecule has 1 aromatic rings. The Morgan fingerprint density at radius 2 is 1.85 bits per heavy atom. The van der Waals surface area contributed by atoms with E-state index in [0.717, 1.165) is 5.57 Å². The summed E-state index contributed by atoms with van der Waals surface area (Å²) in [5.74, 6) is -3.26. The lowest BCUT2D eigenvalue weighted by Crippen LogP contribution is -2.51. The fourth-order valence-corrected chi connectivity index (χ4v) is 3.61. The van der Waals surface area contributed by atoms with E-state index in [1.807, 2.05) is 24.3 Å². The Morgan fingerprint density at radius 3 is 2.47 bits per heavy atom. The first-order chi connectivity index (χ1) is 16.4. The number of carbonyl (C=O) groups excluding carboxylic acids is 3. The van der Waals surface area contributed by atoms with Crippen LogP contribution in [-0.2, 0) is 23.9 Å². The fraction of sp³-hybridized carbons (Fsp3) is 0.320. The lowest BCUT2D eigenvalue weighted by molar-refractivity contribution is -0.169. The van der Waals surface area contributed by atoms with Crippen LogP contribution in [0.5, 0.6) is 0 Å². The van der Waals surface area contributed by atoms with Crippen molar-refractivity contribution in [1.29, 1.82) is 0 Å². The predicted octanol–water partition coefficient (Wildman–Crippen LogP) is 2.70. The van der Waals surface area contributed by atoms with Crippen LogP contribution in [0.3, 0.4) is 0 Å². The van der Waals surface area contributed by atoms with Gasteiger partial charge in [-0.1, -0.05) is 54.1 Å². The summed E-state index contributed by atoms with van der Waals surface area (Å²) in [6, 6.07) is 8.62. The largest absolute Gasteiger partial charge is 0.463 e. The molecule has 1 aromatic carbocycles. The number of hydrogen-bond donors (Lipinski definition) is 2. The molecule has 0 saturated carbocycles. The van der Waals surface area contributed by atoms with Crippen molar-refractivity contribution in [3.05, 3.63) is 84.2 Å². The lowest BCUT2D eigenvalue weighted by atomic mass is 9.96. The molecule has 2 aliphatic rings. The number of hydrogen-bond acceptors (Lipinski definition) is 7. The van der Waals surface area contributed by atoms with Gasteiger partial charge in [0.1, 0.15) is 11.7 Å². The van der Waals surface area contributed by atoms with Crippen molar-refractivity contribution in [2.24, 2.45) is 0 Å². The monoisotopic (exact) mass is 485 g/mol. The Balaban J connectivity index is 1.91. The van der Waals surface area contributed by atoms with Crippen LogP contribution >= 0.6 is 11.6 Å².